The van der Waals surface area contributed by atoms with E-state index in [1.54, 1.807) is 25.1 Å². The third-order valence-electron chi connectivity index (χ3n) is 5.63. The average Bonchev–Trinajstić information content (AvgIpc) is 3.30. The number of rotatable bonds is 5. The second-order valence-electron chi connectivity index (χ2n) is 8.05. The number of aromatic nitrogens is 2. The number of carbonyl (C=O) groups is 2. The summed E-state index contributed by atoms with van der Waals surface area (Å²) in [4.78, 5) is 38.7. The van der Waals surface area contributed by atoms with Gasteiger partial charge in [-0.2, -0.15) is 4.98 Å². The van der Waals surface area contributed by atoms with Crippen molar-refractivity contribution in [2.24, 2.45) is 4.99 Å². The molecular formula is C26H21ClN6O4. The van der Waals surface area contributed by atoms with Crippen LogP contribution in [0.2, 0.25) is 5.02 Å². The molecule has 1 aliphatic rings. The summed E-state index contributed by atoms with van der Waals surface area (Å²) in [5, 5.41) is 9.34. The van der Waals surface area contributed by atoms with E-state index in [1.807, 2.05) is 30.3 Å². The Labute approximate surface area is 216 Å². The first kappa shape index (κ1) is 24.0. The van der Waals surface area contributed by atoms with Gasteiger partial charge in [0, 0.05) is 22.5 Å². The van der Waals surface area contributed by atoms with Crippen LogP contribution in [0.1, 0.15) is 28.9 Å². The van der Waals surface area contributed by atoms with Gasteiger partial charge < -0.3 is 19.8 Å². The summed E-state index contributed by atoms with van der Waals surface area (Å²) in [6, 6.07) is 16.9. The maximum Gasteiger partial charge on any atom is 0.338 e. The predicted octanol–water partition coefficient (Wildman–Crippen LogP) is 4.69. The third-order valence-corrected chi connectivity index (χ3v) is 5.97. The molecule has 11 heteroatoms. The Morgan fingerprint density at radius 3 is 2.68 bits per heavy atom. The number of pyridine rings is 1. The minimum atomic E-state index is -0.759. The third kappa shape index (κ3) is 5.00. The molecule has 3 N–H and O–H groups in total. The molecule has 0 radical (unpaired) electrons. The molecule has 2 aromatic heterocycles. The molecule has 37 heavy (non-hydrogen) atoms. The number of fused-ring (bicyclic) bond motifs is 1. The average molecular weight is 517 g/mol. The lowest BCUT2D eigenvalue weighted by molar-refractivity contribution is -0.113. The topological polar surface area (TPSA) is 131 Å². The first-order valence-corrected chi connectivity index (χ1v) is 11.6. The van der Waals surface area contributed by atoms with Crippen LogP contribution in [0.15, 0.2) is 87.5 Å². The lowest BCUT2D eigenvalue weighted by Crippen LogP contribution is -2.37. The molecule has 186 valence electrons. The Morgan fingerprint density at radius 2 is 1.89 bits per heavy atom. The number of amides is 1. The lowest BCUT2D eigenvalue weighted by atomic mass is 9.95. The molecular weight excluding hydrogens is 496 g/mol. The maximum atomic E-state index is 13.5. The Bertz CT molecular complexity index is 1550. The lowest BCUT2D eigenvalue weighted by Gasteiger charge is -2.26. The number of esters is 1. The van der Waals surface area contributed by atoms with E-state index in [2.05, 4.69) is 25.9 Å². The Kier molecular flexibility index (Phi) is 6.57. The molecule has 1 unspecified atom stereocenters. The van der Waals surface area contributed by atoms with Crippen molar-refractivity contribution < 1.29 is 18.7 Å². The number of allylic oxidation sites excluding steroid dienone is 1. The Hall–Kier alpha value is -4.70. The molecule has 5 rings (SSSR count). The number of nitrogens with one attached hydrogen (secondary N) is 3. The van der Waals surface area contributed by atoms with E-state index in [9.17, 15) is 9.59 Å². The number of hydrogen-bond acceptors (Lipinski definition) is 9. The number of aliphatic imine (C=N–C) groups is 1. The number of para-hydroxylation sites is 2. The summed E-state index contributed by atoms with van der Waals surface area (Å²) in [7, 11) is 1.28. The van der Waals surface area contributed by atoms with Crippen LogP contribution in [0.3, 0.4) is 0 Å². The molecule has 10 nitrogen and oxygen atoms in total. The van der Waals surface area contributed by atoms with Gasteiger partial charge in [-0.05, 0) is 37.3 Å². The number of nitrogens with zero attached hydrogens (tertiary/aromatic N) is 3. The minimum Gasteiger partial charge on any atom is -0.465 e. The molecule has 0 saturated heterocycles. The number of oxazole rings is 1. The van der Waals surface area contributed by atoms with E-state index in [0.717, 1.165) is 0 Å². The van der Waals surface area contributed by atoms with Gasteiger partial charge in [0.25, 0.3) is 5.91 Å². The van der Waals surface area contributed by atoms with Crippen molar-refractivity contribution in [2.75, 3.05) is 17.7 Å². The van der Waals surface area contributed by atoms with Crippen molar-refractivity contribution >= 4 is 52.4 Å². The molecule has 0 saturated carbocycles. The molecule has 1 aliphatic heterocycles. The van der Waals surface area contributed by atoms with Crippen LogP contribution >= 0.6 is 11.6 Å². The molecule has 3 heterocycles. The van der Waals surface area contributed by atoms with Crippen LogP contribution in [-0.4, -0.2) is 34.9 Å². The van der Waals surface area contributed by atoms with Crippen molar-refractivity contribution in [2.45, 2.75) is 13.0 Å². The zero-order chi connectivity index (χ0) is 25.9. The first-order chi connectivity index (χ1) is 17.9. The summed E-state index contributed by atoms with van der Waals surface area (Å²) < 4.78 is 10.5. The standard InChI is InChI=1S/C26H21ClN6O4/c1-14-21(23(34)31-20-13-15(11-12-28-20)24(35)36-2)22(16-7-3-4-8-17(16)27)32-25(29-14)33-26-30-18-9-5-6-10-19(18)37-26/h3-13,22H,1-2H3,(H,28,31,34)(H2,29,30,32,33). The van der Waals surface area contributed by atoms with E-state index in [1.165, 1.54) is 25.4 Å². The fourth-order valence-electron chi connectivity index (χ4n) is 3.91. The van der Waals surface area contributed by atoms with E-state index in [0.29, 0.717) is 38.9 Å². The highest BCUT2D eigenvalue weighted by Gasteiger charge is 2.31. The highest BCUT2D eigenvalue weighted by molar-refractivity contribution is 6.31. The van der Waals surface area contributed by atoms with Gasteiger partial charge in [0.15, 0.2) is 5.58 Å². The first-order valence-electron chi connectivity index (χ1n) is 11.2. The smallest absolute Gasteiger partial charge is 0.338 e. The normalized spacial score (nSPS) is 15.1. The van der Waals surface area contributed by atoms with Gasteiger partial charge in [-0.1, -0.05) is 41.9 Å². The van der Waals surface area contributed by atoms with Crippen molar-refractivity contribution in [1.82, 2.24) is 15.3 Å². The van der Waals surface area contributed by atoms with Gasteiger partial charge >= 0.3 is 12.0 Å². The highest BCUT2D eigenvalue weighted by atomic mass is 35.5. The second kappa shape index (κ2) is 10.1. The number of ether oxygens (including phenoxy) is 1. The van der Waals surface area contributed by atoms with Crippen molar-refractivity contribution in [3.63, 3.8) is 0 Å². The molecule has 1 amide bonds. The van der Waals surface area contributed by atoms with E-state index < -0.39 is 17.9 Å². The minimum absolute atomic E-state index is 0.186. The molecule has 0 spiro atoms. The highest BCUT2D eigenvalue weighted by Crippen LogP contribution is 2.35. The van der Waals surface area contributed by atoms with Crippen LogP contribution in [0.25, 0.3) is 11.1 Å². The van der Waals surface area contributed by atoms with Gasteiger partial charge in [-0.3, -0.25) is 10.1 Å². The number of guanidine groups is 1. The predicted molar refractivity (Wildman–Crippen MR) is 139 cm³/mol. The molecule has 1 atom stereocenters. The summed E-state index contributed by atoms with van der Waals surface area (Å²) in [6.45, 7) is 1.75. The van der Waals surface area contributed by atoms with Crippen molar-refractivity contribution in [3.05, 3.63) is 94.3 Å². The second-order valence-corrected chi connectivity index (χ2v) is 8.46. The van der Waals surface area contributed by atoms with Crippen LogP contribution < -0.4 is 16.0 Å². The number of benzene rings is 2. The Balaban J connectivity index is 1.47. The molecule has 0 bridgehead atoms. The largest absolute Gasteiger partial charge is 0.465 e. The van der Waals surface area contributed by atoms with Crippen LogP contribution in [0.4, 0.5) is 11.8 Å². The van der Waals surface area contributed by atoms with Crippen LogP contribution in [0.5, 0.6) is 0 Å². The van der Waals surface area contributed by atoms with Crippen molar-refractivity contribution in [1.29, 1.82) is 0 Å². The fraction of sp³-hybridized carbons (Fsp3) is 0.115. The molecule has 0 aliphatic carbocycles. The van der Waals surface area contributed by atoms with Gasteiger partial charge in [0.05, 0.1) is 18.2 Å². The zero-order valence-electron chi connectivity index (χ0n) is 19.8. The Morgan fingerprint density at radius 1 is 1.11 bits per heavy atom. The number of halogens is 1. The van der Waals surface area contributed by atoms with E-state index in [-0.39, 0.29) is 17.4 Å². The van der Waals surface area contributed by atoms with Crippen molar-refractivity contribution in [3.8, 4) is 0 Å². The van der Waals surface area contributed by atoms with Gasteiger partial charge in [-0.15, -0.1) is 0 Å². The monoisotopic (exact) mass is 516 g/mol. The summed E-state index contributed by atoms with van der Waals surface area (Å²) in [5.41, 5.74) is 3.05. The zero-order valence-corrected chi connectivity index (χ0v) is 20.5. The summed E-state index contributed by atoms with van der Waals surface area (Å²) in [6.07, 6.45) is 1.41. The molecule has 4 aromatic rings. The van der Waals surface area contributed by atoms with E-state index >= 15 is 0 Å². The maximum absolute atomic E-state index is 13.5. The summed E-state index contributed by atoms with van der Waals surface area (Å²) >= 11 is 6.51. The molecule has 0 fully saturated rings. The van der Waals surface area contributed by atoms with E-state index in [4.69, 9.17) is 25.7 Å². The number of anilines is 2. The number of hydrogen-bond donors (Lipinski definition) is 3. The van der Waals surface area contributed by atoms with Crippen LogP contribution in [0, 0.1) is 0 Å². The van der Waals surface area contributed by atoms with Gasteiger partial charge in [0.2, 0.25) is 5.96 Å². The SMILES string of the molecule is COC(=O)c1ccnc(NC(=O)C2=C(C)NC(Nc3nc4ccccc4o3)=NC2c2ccccc2Cl)c1. The van der Waals surface area contributed by atoms with Gasteiger partial charge in [0.1, 0.15) is 17.4 Å². The van der Waals surface area contributed by atoms with Gasteiger partial charge in [-0.25, -0.2) is 14.8 Å². The number of carbonyl (C=O) groups excluding carboxylic acids is 2. The molecule has 2 aromatic carbocycles. The number of methoxy groups -OCH3 is 1. The fourth-order valence-corrected chi connectivity index (χ4v) is 4.15. The van der Waals surface area contributed by atoms with Crippen LogP contribution in [-0.2, 0) is 9.53 Å². The summed E-state index contributed by atoms with van der Waals surface area (Å²) in [5.74, 6) is -0.489. The quantitative estimate of drug-likeness (QED) is 0.326.